The molecule has 3 aliphatic rings. The number of fused-ring (bicyclic) bond motifs is 1. The summed E-state index contributed by atoms with van der Waals surface area (Å²) in [4.78, 5) is 23.6. The first-order valence-corrected chi connectivity index (χ1v) is 10.2. The van der Waals surface area contributed by atoms with Crippen LogP contribution in [0.15, 0.2) is 0 Å². The van der Waals surface area contributed by atoms with Gasteiger partial charge in [-0.15, -0.1) is 0 Å². The van der Waals surface area contributed by atoms with E-state index in [1.807, 2.05) is 0 Å². The molecule has 3 fully saturated rings. The fourth-order valence-electron chi connectivity index (χ4n) is 7.32. The minimum atomic E-state index is 0.0218. The van der Waals surface area contributed by atoms with Gasteiger partial charge in [-0.3, -0.25) is 4.79 Å². The highest BCUT2D eigenvalue weighted by Gasteiger charge is 2.58. The molecule has 0 heterocycles. The van der Waals surface area contributed by atoms with Crippen molar-refractivity contribution in [1.29, 1.82) is 0 Å². The Hall–Kier alpha value is -0.700. The number of hydrogen-bond donors (Lipinski definition) is 1. The van der Waals surface area contributed by atoms with E-state index in [0.717, 1.165) is 25.7 Å². The maximum Gasteiger partial charge on any atom is 0.134 e. The summed E-state index contributed by atoms with van der Waals surface area (Å²) in [6.45, 7) is 6.97. The molecule has 3 aliphatic carbocycles. The molecule has 3 rings (SSSR count). The van der Waals surface area contributed by atoms with Crippen molar-refractivity contribution in [3.05, 3.63) is 0 Å². The highest BCUT2D eigenvalue weighted by atomic mass is 16.1. The van der Waals surface area contributed by atoms with Gasteiger partial charge < -0.3 is 10.5 Å². The van der Waals surface area contributed by atoms with Crippen LogP contribution in [0.25, 0.3) is 0 Å². The molecule has 136 valence electrons. The van der Waals surface area contributed by atoms with E-state index in [0.29, 0.717) is 36.4 Å². The van der Waals surface area contributed by atoms with Crippen molar-refractivity contribution in [1.82, 2.24) is 0 Å². The molecule has 0 bridgehead atoms. The van der Waals surface area contributed by atoms with Gasteiger partial charge in [0, 0.05) is 24.8 Å². The molecule has 2 N–H and O–H groups in total. The van der Waals surface area contributed by atoms with Crippen molar-refractivity contribution in [3.8, 4) is 0 Å². The first kappa shape index (κ1) is 18.1. The molecule has 0 radical (unpaired) electrons. The molecule has 0 aliphatic heterocycles. The fraction of sp³-hybridized carbons (Fsp3) is 0.905. The standard InChI is InChI=1S/C21H35NO2/c1-4-20-11-9-18(14(3)17(20)7-6-15(20)13-23)21(5-2)10-8-16(24)12-19(21)22/h13-15,17-19H,4-12,22H2,1-3H3/t14?,15?,17?,18?,19-,20+,21+/m0/s1. The number of carbonyl (C=O) groups is 2. The van der Waals surface area contributed by atoms with Crippen LogP contribution in [0.1, 0.15) is 78.6 Å². The van der Waals surface area contributed by atoms with Gasteiger partial charge in [-0.1, -0.05) is 20.8 Å². The van der Waals surface area contributed by atoms with Gasteiger partial charge >= 0.3 is 0 Å². The fourth-order valence-corrected chi connectivity index (χ4v) is 7.32. The van der Waals surface area contributed by atoms with Crippen LogP contribution >= 0.6 is 0 Å². The third-order valence-electron chi connectivity index (χ3n) is 8.73. The third kappa shape index (κ3) is 2.41. The number of rotatable bonds is 4. The van der Waals surface area contributed by atoms with Crippen LogP contribution < -0.4 is 5.73 Å². The molecule has 0 saturated heterocycles. The van der Waals surface area contributed by atoms with E-state index in [1.165, 1.54) is 25.5 Å². The van der Waals surface area contributed by atoms with Crippen LogP contribution in [0.5, 0.6) is 0 Å². The Kier molecular flexibility index (Phi) is 4.94. The highest BCUT2D eigenvalue weighted by Crippen LogP contribution is 2.64. The normalized spacial score (nSPS) is 49.0. The lowest BCUT2D eigenvalue weighted by molar-refractivity contribution is -0.130. The average molecular weight is 334 g/mol. The zero-order chi connectivity index (χ0) is 17.5. The monoisotopic (exact) mass is 333 g/mol. The number of hydrogen-bond acceptors (Lipinski definition) is 3. The summed E-state index contributed by atoms with van der Waals surface area (Å²) in [6, 6.07) is 0.0218. The van der Waals surface area contributed by atoms with Gasteiger partial charge in [-0.05, 0) is 73.5 Å². The molecule has 3 saturated carbocycles. The van der Waals surface area contributed by atoms with Gasteiger partial charge in [0.15, 0.2) is 0 Å². The average Bonchev–Trinajstić information content (AvgIpc) is 2.96. The number of Topliss-reactive ketones (excluding diaryl/α,β-unsaturated/α-hetero) is 1. The summed E-state index contributed by atoms with van der Waals surface area (Å²) < 4.78 is 0. The molecule has 24 heavy (non-hydrogen) atoms. The molecule has 7 atom stereocenters. The first-order valence-electron chi connectivity index (χ1n) is 10.2. The van der Waals surface area contributed by atoms with Gasteiger partial charge in [0.05, 0.1) is 0 Å². The lowest BCUT2D eigenvalue weighted by Crippen LogP contribution is -2.56. The number of ketones is 1. The van der Waals surface area contributed by atoms with E-state index in [1.54, 1.807) is 0 Å². The summed E-state index contributed by atoms with van der Waals surface area (Å²) in [5, 5.41) is 0. The Bertz CT molecular complexity index is 504. The number of nitrogens with two attached hydrogens (primary N) is 1. The Morgan fingerprint density at radius 1 is 1.08 bits per heavy atom. The van der Waals surface area contributed by atoms with E-state index in [2.05, 4.69) is 20.8 Å². The second-order valence-corrected chi connectivity index (χ2v) is 8.95. The van der Waals surface area contributed by atoms with E-state index in [4.69, 9.17) is 5.73 Å². The molecule has 0 amide bonds. The van der Waals surface area contributed by atoms with Gasteiger partial charge in [0.25, 0.3) is 0 Å². The molecular weight excluding hydrogens is 298 g/mol. The third-order valence-corrected chi connectivity index (χ3v) is 8.73. The molecule has 0 aromatic rings. The smallest absolute Gasteiger partial charge is 0.134 e. The van der Waals surface area contributed by atoms with E-state index in [9.17, 15) is 9.59 Å². The molecule has 3 nitrogen and oxygen atoms in total. The molecular formula is C21H35NO2. The van der Waals surface area contributed by atoms with E-state index >= 15 is 0 Å². The Morgan fingerprint density at radius 3 is 2.33 bits per heavy atom. The molecule has 0 spiro atoms. The predicted octanol–water partition coefficient (Wildman–Crippen LogP) is 4.13. The molecule has 0 aromatic carbocycles. The van der Waals surface area contributed by atoms with Crippen LogP contribution in [0, 0.1) is 34.5 Å². The van der Waals surface area contributed by atoms with Crippen LogP contribution in [0.4, 0.5) is 0 Å². The van der Waals surface area contributed by atoms with Crippen LogP contribution in [0.3, 0.4) is 0 Å². The summed E-state index contributed by atoms with van der Waals surface area (Å²) in [5.74, 6) is 2.49. The first-order chi connectivity index (χ1) is 11.4. The molecule has 4 unspecified atom stereocenters. The Morgan fingerprint density at radius 2 is 1.75 bits per heavy atom. The quantitative estimate of drug-likeness (QED) is 0.787. The Balaban J connectivity index is 1.89. The lowest BCUT2D eigenvalue weighted by atomic mass is 9.48. The van der Waals surface area contributed by atoms with Crippen molar-refractivity contribution in [2.75, 3.05) is 0 Å². The van der Waals surface area contributed by atoms with Crippen LogP contribution in [-0.2, 0) is 9.59 Å². The number of aldehydes is 1. The minimum absolute atomic E-state index is 0.0218. The minimum Gasteiger partial charge on any atom is -0.327 e. The predicted molar refractivity (Wildman–Crippen MR) is 96.4 cm³/mol. The zero-order valence-corrected chi connectivity index (χ0v) is 15.7. The summed E-state index contributed by atoms with van der Waals surface area (Å²) in [6.07, 6.45) is 10.3. The van der Waals surface area contributed by atoms with Gasteiger partial charge in [-0.25, -0.2) is 0 Å². The maximum atomic E-state index is 11.9. The van der Waals surface area contributed by atoms with Crippen molar-refractivity contribution in [3.63, 3.8) is 0 Å². The van der Waals surface area contributed by atoms with Crippen molar-refractivity contribution in [2.24, 2.45) is 40.2 Å². The highest BCUT2D eigenvalue weighted by molar-refractivity contribution is 5.80. The van der Waals surface area contributed by atoms with Gasteiger partial charge in [0.1, 0.15) is 12.1 Å². The largest absolute Gasteiger partial charge is 0.327 e. The number of carbonyl (C=O) groups excluding carboxylic acids is 2. The van der Waals surface area contributed by atoms with Crippen LogP contribution in [-0.4, -0.2) is 18.1 Å². The maximum absolute atomic E-state index is 11.9. The summed E-state index contributed by atoms with van der Waals surface area (Å²) in [7, 11) is 0. The SMILES string of the molecule is CC[C@]12CCC([C@@]3(CC)CCC(=O)C[C@@H]3N)C(C)C1CCC2C=O. The molecule has 3 heteroatoms. The van der Waals surface area contributed by atoms with Crippen molar-refractivity contribution >= 4 is 12.1 Å². The summed E-state index contributed by atoms with van der Waals surface area (Å²) >= 11 is 0. The summed E-state index contributed by atoms with van der Waals surface area (Å²) in [5.41, 5.74) is 6.96. The van der Waals surface area contributed by atoms with E-state index in [-0.39, 0.29) is 22.8 Å². The topological polar surface area (TPSA) is 60.2 Å². The van der Waals surface area contributed by atoms with Crippen molar-refractivity contribution in [2.45, 2.75) is 84.6 Å². The second-order valence-electron chi connectivity index (χ2n) is 8.95. The second kappa shape index (κ2) is 6.55. The van der Waals surface area contributed by atoms with E-state index < -0.39 is 0 Å². The van der Waals surface area contributed by atoms with Gasteiger partial charge in [-0.2, -0.15) is 0 Å². The zero-order valence-electron chi connectivity index (χ0n) is 15.7. The Labute approximate surface area is 147 Å². The van der Waals surface area contributed by atoms with Crippen LogP contribution in [0.2, 0.25) is 0 Å². The van der Waals surface area contributed by atoms with Gasteiger partial charge in [0.2, 0.25) is 0 Å². The molecule has 0 aromatic heterocycles. The lowest BCUT2D eigenvalue weighted by Gasteiger charge is -2.57. The van der Waals surface area contributed by atoms with Crippen molar-refractivity contribution < 1.29 is 9.59 Å².